The van der Waals surface area contributed by atoms with E-state index in [0.29, 0.717) is 22.0 Å². The van der Waals surface area contributed by atoms with Gasteiger partial charge in [0, 0.05) is 23.7 Å². The van der Waals surface area contributed by atoms with Gasteiger partial charge < -0.3 is 19.6 Å². The second-order valence-electron chi connectivity index (χ2n) is 7.37. The van der Waals surface area contributed by atoms with Gasteiger partial charge in [-0.2, -0.15) is 0 Å². The summed E-state index contributed by atoms with van der Waals surface area (Å²) in [4.78, 5) is 32.6. The van der Waals surface area contributed by atoms with Gasteiger partial charge in [-0.25, -0.2) is 8.78 Å². The first-order chi connectivity index (χ1) is 14.4. The van der Waals surface area contributed by atoms with Crippen molar-refractivity contribution in [2.24, 2.45) is 0 Å². The summed E-state index contributed by atoms with van der Waals surface area (Å²) >= 11 is 0. The molecule has 5 rings (SSSR count). The number of likely N-dealkylation sites (N-methyl/N-ethyl adjacent to an activating group) is 1. The van der Waals surface area contributed by atoms with E-state index in [9.17, 15) is 18.4 Å². The number of aromatic nitrogens is 2. The van der Waals surface area contributed by atoms with E-state index in [1.807, 2.05) is 0 Å². The summed E-state index contributed by atoms with van der Waals surface area (Å²) in [6.07, 6.45) is 0. The molecule has 1 aliphatic heterocycles. The van der Waals surface area contributed by atoms with Crippen LogP contribution < -0.4 is 5.56 Å². The summed E-state index contributed by atoms with van der Waals surface area (Å²) in [6.45, 7) is 0.399. The zero-order chi connectivity index (χ0) is 21.0. The quantitative estimate of drug-likeness (QED) is 0.531. The zero-order valence-electron chi connectivity index (χ0n) is 16.0. The smallest absolute Gasteiger partial charge is 0.270 e. The maximum atomic E-state index is 14.0. The Hall–Kier alpha value is -3.52. The van der Waals surface area contributed by atoms with Crippen molar-refractivity contribution in [2.75, 3.05) is 13.7 Å². The number of benzene rings is 2. The minimum Gasteiger partial charge on any atom is -0.373 e. The predicted molar refractivity (Wildman–Crippen MR) is 107 cm³/mol. The van der Waals surface area contributed by atoms with Gasteiger partial charge in [0.2, 0.25) is 0 Å². The largest absolute Gasteiger partial charge is 0.373 e. The second-order valence-corrected chi connectivity index (χ2v) is 7.37. The molecule has 0 fully saturated rings. The van der Waals surface area contributed by atoms with Crippen LogP contribution in [-0.4, -0.2) is 34.4 Å². The minimum atomic E-state index is -0.513. The summed E-state index contributed by atoms with van der Waals surface area (Å²) in [6, 6.07) is 9.73. The number of hydrogen-bond donors (Lipinski definition) is 2. The molecule has 8 heteroatoms. The summed E-state index contributed by atoms with van der Waals surface area (Å²) in [5, 5.41) is 1.39. The summed E-state index contributed by atoms with van der Waals surface area (Å²) < 4.78 is 33.3. The van der Waals surface area contributed by atoms with E-state index >= 15 is 0 Å². The van der Waals surface area contributed by atoms with Crippen LogP contribution in [0.15, 0.2) is 47.3 Å². The number of pyridine rings is 1. The maximum Gasteiger partial charge on any atom is 0.270 e. The lowest BCUT2D eigenvalue weighted by molar-refractivity contribution is 0.0333. The van der Waals surface area contributed by atoms with Gasteiger partial charge in [0.1, 0.15) is 17.3 Å². The van der Waals surface area contributed by atoms with Crippen LogP contribution in [0.5, 0.6) is 0 Å². The number of para-hydroxylation sites is 1. The van der Waals surface area contributed by atoms with E-state index < -0.39 is 23.2 Å². The fraction of sp³-hybridized carbons (Fsp3) is 0.182. The van der Waals surface area contributed by atoms with Crippen LogP contribution in [0.3, 0.4) is 0 Å². The average Bonchev–Trinajstić information content (AvgIpc) is 3.18. The molecule has 2 aromatic heterocycles. The standard InChI is InChI=1S/C22H17F2N3O3/c1-27(22(29)16-7-11-3-2-4-15(24)20(11)25-16)18-10-30-9-17-19(18)13-6-5-12(23)8-14(13)21(28)26-17/h2-8,18,25H,9-10H2,1H3,(H,26,28). The summed E-state index contributed by atoms with van der Waals surface area (Å²) in [5.41, 5.74) is 1.36. The molecule has 1 unspecified atom stereocenters. The van der Waals surface area contributed by atoms with Crippen LogP contribution in [0, 0.1) is 11.6 Å². The maximum absolute atomic E-state index is 14.0. The van der Waals surface area contributed by atoms with Gasteiger partial charge in [0.05, 0.1) is 30.2 Å². The molecule has 1 amide bonds. The highest BCUT2D eigenvalue weighted by molar-refractivity contribution is 5.98. The number of amides is 1. The molecule has 0 spiro atoms. The zero-order valence-corrected chi connectivity index (χ0v) is 16.0. The summed E-state index contributed by atoms with van der Waals surface area (Å²) in [7, 11) is 1.62. The normalized spacial score (nSPS) is 16.0. The molecular weight excluding hydrogens is 392 g/mol. The van der Waals surface area contributed by atoms with Gasteiger partial charge in [-0.15, -0.1) is 0 Å². The second kappa shape index (κ2) is 6.77. The molecule has 0 aliphatic carbocycles. The first-order valence-corrected chi connectivity index (χ1v) is 9.40. The van der Waals surface area contributed by atoms with E-state index in [2.05, 4.69) is 9.97 Å². The number of H-pyrrole nitrogens is 2. The topological polar surface area (TPSA) is 78.2 Å². The Kier molecular flexibility index (Phi) is 4.18. The Morgan fingerprint density at radius 1 is 1.13 bits per heavy atom. The van der Waals surface area contributed by atoms with Crippen LogP contribution in [0.2, 0.25) is 0 Å². The van der Waals surface area contributed by atoms with Crippen LogP contribution in [0.1, 0.15) is 27.8 Å². The van der Waals surface area contributed by atoms with Crippen molar-refractivity contribution in [1.82, 2.24) is 14.9 Å². The first kappa shape index (κ1) is 18.5. The monoisotopic (exact) mass is 409 g/mol. The van der Waals surface area contributed by atoms with Crippen molar-refractivity contribution in [3.63, 3.8) is 0 Å². The van der Waals surface area contributed by atoms with Gasteiger partial charge in [-0.1, -0.05) is 18.2 Å². The van der Waals surface area contributed by atoms with Crippen LogP contribution in [0.4, 0.5) is 8.78 Å². The number of rotatable bonds is 2. The van der Waals surface area contributed by atoms with E-state index in [1.54, 1.807) is 31.3 Å². The van der Waals surface area contributed by atoms with E-state index in [4.69, 9.17) is 4.74 Å². The lowest BCUT2D eigenvalue weighted by atomic mass is 9.95. The number of nitrogens with one attached hydrogen (secondary N) is 2. The lowest BCUT2D eigenvalue weighted by Gasteiger charge is -2.33. The molecule has 1 atom stereocenters. The van der Waals surface area contributed by atoms with Gasteiger partial charge >= 0.3 is 0 Å². The Labute approximate surface area is 169 Å². The van der Waals surface area contributed by atoms with Crippen molar-refractivity contribution in [1.29, 1.82) is 0 Å². The molecule has 0 saturated carbocycles. The van der Waals surface area contributed by atoms with Crippen molar-refractivity contribution in [3.05, 3.63) is 81.4 Å². The average molecular weight is 409 g/mol. The van der Waals surface area contributed by atoms with E-state index in [-0.39, 0.29) is 35.7 Å². The Morgan fingerprint density at radius 3 is 2.77 bits per heavy atom. The fourth-order valence-electron chi connectivity index (χ4n) is 4.10. The molecule has 4 aromatic rings. The highest BCUT2D eigenvalue weighted by Crippen LogP contribution is 2.34. The third-order valence-corrected chi connectivity index (χ3v) is 5.58. The number of halogens is 2. The van der Waals surface area contributed by atoms with Crippen LogP contribution in [0.25, 0.3) is 21.7 Å². The highest BCUT2D eigenvalue weighted by atomic mass is 19.1. The number of nitrogens with zero attached hydrogens (tertiary/aromatic N) is 1. The molecule has 2 N–H and O–H groups in total. The Morgan fingerprint density at radius 2 is 1.97 bits per heavy atom. The Balaban J connectivity index is 1.60. The molecule has 3 heterocycles. The fourth-order valence-corrected chi connectivity index (χ4v) is 4.10. The third-order valence-electron chi connectivity index (χ3n) is 5.58. The van der Waals surface area contributed by atoms with Crippen molar-refractivity contribution in [3.8, 4) is 0 Å². The number of ether oxygens (including phenoxy) is 1. The molecule has 30 heavy (non-hydrogen) atoms. The predicted octanol–water partition coefficient (Wildman–Crippen LogP) is 3.63. The van der Waals surface area contributed by atoms with Gasteiger partial charge in [0.25, 0.3) is 11.5 Å². The SMILES string of the molecule is CN(C(=O)c1cc2cccc(F)c2[nH]1)C1COCc2[nH]c(=O)c3cc(F)ccc3c21. The molecule has 6 nitrogen and oxygen atoms in total. The number of aromatic amines is 2. The Bertz CT molecular complexity index is 1380. The molecule has 0 radical (unpaired) electrons. The first-order valence-electron chi connectivity index (χ1n) is 9.40. The molecule has 0 bridgehead atoms. The van der Waals surface area contributed by atoms with Gasteiger partial charge in [0.15, 0.2) is 0 Å². The number of fused-ring (bicyclic) bond motifs is 4. The van der Waals surface area contributed by atoms with Gasteiger partial charge in [-0.05, 0) is 29.7 Å². The van der Waals surface area contributed by atoms with Gasteiger partial charge in [-0.3, -0.25) is 9.59 Å². The molecular formula is C22H17F2N3O3. The highest BCUT2D eigenvalue weighted by Gasteiger charge is 2.31. The minimum absolute atomic E-state index is 0.189. The van der Waals surface area contributed by atoms with Crippen molar-refractivity contribution < 1.29 is 18.3 Å². The van der Waals surface area contributed by atoms with Crippen molar-refractivity contribution >= 4 is 27.6 Å². The van der Waals surface area contributed by atoms with Crippen molar-refractivity contribution in [2.45, 2.75) is 12.6 Å². The summed E-state index contributed by atoms with van der Waals surface area (Å²) in [5.74, 6) is -1.30. The number of carbonyl (C=O) groups is 1. The molecule has 0 saturated heterocycles. The van der Waals surface area contributed by atoms with Crippen LogP contribution >= 0.6 is 0 Å². The molecule has 2 aromatic carbocycles. The number of hydrogen-bond acceptors (Lipinski definition) is 3. The van der Waals surface area contributed by atoms with E-state index in [0.717, 1.165) is 0 Å². The lowest BCUT2D eigenvalue weighted by Crippen LogP contribution is -2.37. The molecule has 152 valence electrons. The number of carbonyl (C=O) groups excluding carboxylic acids is 1. The van der Waals surface area contributed by atoms with Crippen LogP contribution in [-0.2, 0) is 11.3 Å². The van der Waals surface area contributed by atoms with E-state index in [1.165, 1.54) is 23.1 Å². The molecule has 1 aliphatic rings. The third kappa shape index (κ3) is 2.80.